The fraction of sp³-hybridized carbons (Fsp3) is 0.231. The molecule has 2 aliphatic heterocycles. The lowest BCUT2D eigenvalue weighted by Gasteiger charge is -2.16. The van der Waals surface area contributed by atoms with Crippen molar-refractivity contribution in [3.8, 4) is 17.2 Å². The first-order chi connectivity index (χ1) is 16.7. The molecule has 3 aromatic carbocycles. The predicted molar refractivity (Wildman–Crippen MR) is 126 cm³/mol. The number of nitrogens with one attached hydrogen (secondary N) is 1. The molecule has 0 bridgehead atoms. The van der Waals surface area contributed by atoms with Gasteiger partial charge >= 0.3 is 6.03 Å². The second kappa shape index (κ2) is 8.57. The van der Waals surface area contributed by atoms with Crippen LogP contribution in [0.25, 0.3) is 0 Å². The summed E-state index contributed by atoms with van der Waals surface area (Å²) < 4.78 is 44.0. The number of urea groups is 1. The number of ether oxygens (including phenoxy) is 3. The van der Waals surface area contributed by atoms with Gasteiger partial charge in [0.05, 0.1) is 25.1 Å². The van der Waals surface area contributed by atoms with Gasteiger partial charge < -0.3 is 19.5 Å². The lowest BCUT2D eigenvalue weighted by atomic mass is 9.90. The Balaban J connectivity index is 1.43. The zero-order valence-electron chi connectivity index (χ0n) is 19.3. The van der Waals surface area contributed by atoms with Crippen molar-refractivity contribution < 1.29 is 27.8 Å². The van der Waals surface area contributed by atoms with Crippen molar-refractivity contribution in [2.45, 2.75) is 25.6 Å². The highest BCUT2D eigenvalue weighted by atomic mass is 19.1. The average molecular weight is 479 g/mol. The maximum atomic E-state index is 13.5. The molecule has 3 aromatic rings. The number of nitrogens with zero attached hydrogens (tertiary/aromatic N) is 2. The zero-order chi connectivity index (χ0) is 24.7. The van der Waals surface area contributed by atoms with Crippen molar-refractivity contribution >= 4 is 17.4 Å². The summed E-state index contributed by atoms with van der Waals surface area (Å²) in [7, 11) is 1.50. The molecule has 0 spiro atoms. The summed E-state index contributed by atoms with van der Waals surface area (Å²) >= 11 is 0. The molecule has 1 N–H and O–H groups in total. The second-order valence-electron chi connectivity index (χ2n) is 8.72. The largest absolute Gasteiger partial charge is 0.493 e. The van der Waals surface area contributed by atoms with E-state index in [0.29, 0.717) is 34.2 Å². The van der Waals surface area contributed by atoms with Crippen molar-refractivity contribution in [3.63, 3.8) is 0 Å². The molecule has 1 unspecified atom stereocenters. The van der Waals surface area contributed by atoms with Gasteiger partial charge in [-0.25, -0.2) is 18.6 Å². The number of halogens is 2. The quantitative estimate of drug-likeness (QED) is 0.535. The van der Waals surface area contributed by atoms with E-state index in [1.165, 1.54) is 36.4 Å². The fourth-order valence-electron chi connectivity index (χ4n) is 4.16. The molecule has 0 radical (unpaired) electrons. The number of anilines is 1. The summed E-state index contributed by atoms with van der Waals surface area (Å²) in [5.41, 5.74) is 2.48. The van der Waals surface area contributed by atoms with Gasteiger partial charge in [0.25, 0.3) is 0 Å². The normalized spacial score (nSPS) is 17.8. The van der Waals surface area contributed by atoms with Crippen LogP contribution in [0.2, 0.25) is 0 Å². The lowest BCUT2D eigenvalue weighted by molar-refractivity contribution is -0.0439. The number of methoxy groups -OCH3 is 1. The van der Waals surface area contributed by atoms with Gasteiger partial charge in [-0.3, -0.25) is 0 Å². The maximum absolute atomic E-state index is 13.5. The summed E-state index contributed by atoms with van der Waals surface area (Å²) in [6.07, 6.45) is 0. The van der Waals surface area contributed by atoms with Crippen molar-refractivity contribution in [2.24, 2.45) is 5.10 Å². The number of rotatable bonds is 4. The average Bonchev–Trinajstić information content (AvgIpc) is 3.40. The van der Waals surface area contributed by atoms with Crippen LogP contribution in [-0.2, 0) is 0 Å². The van der Waals surface area contributed by atoms with Crippen LogP contribution in [0.4, 0.5) is 19.3 Å². The molecule has 2 aliphatic rings. The Bertz CT molecular complexity index is 1310. The van der Waals surface area contributed by atoms with Crippen molar-refractivity contribution in [1.82, 2.24) is 5.01 Å². The number of fused-ring (bicyclic) bond motifs is 1. The minimum Gasteiger partial charge on any atom is -0.493 e. The minimum atomic E-state index is -0.857. The molecule has 9 heteroatoms. The van der Waals surface area contributed by atoms with E-state index in [1.54, 1.807) is 50.2 Å². The van der Waals surface area contributed by atoms with Gasteiger partial charge in [-0.05, 0) is 35.4 Å². The first kappa shape index (κ1) is 22.6. The van der Waals surface area contributed by atoms with Crippen LogP contribution >= 0.6 is 0 Å². The van der Waals surface area contributed by atoms with Gasteiger partial charge in [0.1, 0.15) is 11.6 Å². The Morgan fingerprint density at radius 1 is 1.06 bits per heavy atom. The third-order valence-electron chi connectivity index (χ3n) is 5.76. The van der Waals surface area contributed by atoms with Crippen molar-refractivity contribution in [2.75, 3.05) is 19.0 Å². The standard InChI is InChI=1S/C26H23F2N3O4/c1-26(2)34-22-13-19(12-21(33-3)24(22)35-26)29-25(32)31-14-20(15-4-8-17(27)9-5-15)23(30-31)16-6-10-18(28)11-7-16/h4-13,20H,14H2,1-3H3,(H,29,32). The van der Waals surface area contributed by atoms with E-state index in [1.807, 2.05) is 0 Å². The SMILES string of the molecule is COc1cc(NC(=O)N2CC(c3ccc(F)cc3)C(c3ccc(F)cc3)=N2)cc2c1OC(C)(C)O2. The Hall–Kier alpha value is -4.14. The highest BCUT2D eigenvalue weighted by Crippen LogP contribution is 2.47. The Morgan fingerprint density at radius 3 is 2.37 bits per heavy atom. The van der Waals surface area contributed by atoms with E-state index in [2.05, 4.69) is 10.4 Å². The summed E-state index contributed by atoms with van der Waals surface area (Å²) in [4.78, 5) is 13.2. The summed E-state index contributed by atoms with van der Waals surface area (Å²) in [6, 6.07) is 14.7. The fourth-order valence-corrected chi connectivity index (χ4v) is 4.16. The molecule has 2 heterocycles. The van der Waals surface area contributed by atoms with Gasteiger partial charge in [-0.15, -0.1) is 0 Å². The van der Waals surface area contributed by atoms with Crippen LogP contribution in [0.3, 0.4) is 0 Å². The van der Waals surface area contributed by atoms with Gasteiger partial charge in [0, 0.05) is 31.9 Å². The molecule has 0 aliphatic carbocycles. The molecule has 0 saturated carbocycles. The van der Waals surface area contributed by atoms with Crippen LogP contribution in [0, 0.1) is 11.6 Å². The van der Waals surface area contributed by atoms with Gasteiger partial charge in [-0.1, -0.05) is 24.3 Å². The van der Waals surface area contributed by atoms with E-state index in [9.17, 15) is 13.6 Å². The first-order valence-corrected chi connectivity index (χ1v) is 11.0. The highest BCUT2D eigenvalue weighted by Gasteiger charge is 2.36. The van der Waals surface area contributed by atoms with Crippen LogP contribution in [0.5, 0.6) is 17.2 Å². The number of carbonyl (C=O) groups is 1. The highest BCUT2D eigenvalue weighted by molar-refractivity contribution is 6.07. The summed E-state index contributed by atoms with van der Waals surface area (Å²) in [5.74, 6) is -0.579. The third-order valence-corrected chi connectivity index (χ3v) is 5.76. The molecular weight excluding hydrogens is 456 g/mol. The monoisotopic (exact) mass is 479 g/mol. The van der Waals surface area contributed by atoms with Gasteiger partial charge in [0.2, 0.25) is 11.5 Å². The summed E-state index contributed by atoms with van der Waals surface area (Å²) in [6.45, 7) is 3.77. The summed E-state index contributed by atoms with van der Waals surface area (Å²) in [5, 5.41) is 8.66. The van der Waals surface area contributed by atoms with Crippen LogP contribution in [0.1, 0.15) is 30.9 Å². The molecule has 2 amide bonds. The van der Waals surface area contributed by atoms with E-state index in [4.69, 9.17) is 14.2 Å². The lowest BCUT2D eigenvalue weighted by Crippen LogP contribution is -2.30. The van der Waals surface area contributed by atoms with E-state index in [0.717, 1.165) is 5.56 Å². The minimum absolute atomic E-state index is 0.221. The predicted octanol–water partition coefficient (Wildman–Crippen LogP) is 5.52. The molecule has 7 nitrogen and oxygen atoms in total. The Morgan fingerprint density at radius 2 is 1.71 bits per heavy atom. The molecule has 0 fully saturated rings. The van der Waals surface area contributed by atoms with Crippen molar-refractivity contribution in [1.29, 1.82) is 0 Å². The molecule has 35 heavy (non-hydrogen) atoms. The molecule has 180 valence electrons. The number of hydrazone groups is 1. The topological polar surface area (TPSA) is 72.4 Å². The molecule has 0 saturated heterocycles. The first-order valence-electron chi connectivity index (χ1n) is 11.0. The smallest absolute Gasteiger partial charge is 0.342 e. The number of hydrogen-bond donors (Lipinski definition) is 1. The maximum Gasteiger partial charge on any atom is 0.342 e. The molecule has 5 rings (SSSR count). The molecular formula is C26H23F2N3O4. The van der Waals surface area contributed by atoms with Crippen LogP contribution in [-0.4, -0.2) is 36.2 Å². The number of amides is 2. The number of carbonyl (C=O) groups excluding carboxylic acids is 1. The van der Waals surface area contributed by atoms with Crippen LogP contribution in [0.15, 0.2) is 65.8 Å². The zero-order valence-corrected chi connectivity index (χ0v) is 19.3. The van der Waals surface area contributed by atoms with E-state index in [-0.39, 0.29) is 24.1 Å². The van der Waals surface area contributed by atoms with E-state index >= 15 is 0 Å². The number of hydrogen-bond acceptors (Lipinski definition) is 5. The Labute approximate surface area is 200 Å². The third kappa shape index (κ3) is 4.49. The van der Waals surface area contributed by atoms with Crippen molar-refractivity contribution in [3.05, 3.63) is 83.4 Å². The molecule has 1 atom stereocenters. The van der Waals surface area contributed by atoms with Gasteiger partial charge in [0.15, 0.2) is 11.5 Å². The van der Waals surface area contributed by atoms with Gasteiger partial charge in [-0.2, -0.15) is 5.10 Å². The number of benzene rings is 3. The Kier molecular flexibility index (Phi) is 5.55. The second-order valence-corrected chi connectivity index (χ2v) is 8.72. The van der Waals surface area contributed by atoms with E-state index < -0.39 is 11.8 Å². The van der Waals surface area contributed by atoms with Crippen LogP contribution < -0.4 is 19.5 Å². The molecule has 0 aromatic heterocycles.